The number of piperidine rings is 1. The number of hydrogen-bond acceptors (Lipinski definition) is 5. The Morgan fingerprint density at radius 2 is 1.94 bits per heavy atom. The van der Waals surface area contributed by atoms with Gasteiger partial charge in [-0.1, -0.05) is 13.8 Å². The van der Waals surface area contributed by atoms with Crippen LogP contribution in [-0.4, -0.2) is 32.7 Å². The first kappa shape index (κ1) is 11.3. The molecule has 0 bridgehead atoms. The molecule has 2 aromatic heterocycles. The summed E-state index contributed by atoms with van der Waals surface area (Å²) in [7, 11) is 0. The van der Waals surface area contributed by atoms with Crippen LogP contribution in [0.25, 0.3) is 5.65 Å². The molecule has 0 aromatic carbocycles. The molecule has 2 N–H and O–H groups in total. The first-order chi connectivity index (χ1) is 8.65. The maximum Gasteiger partial charge on any atom is 0.231 e. The zero-order valence-electron chi connectivity index (χ0n) is 10.7. The van der Waals surface area contributed by atoms with Crippen LogP contribution in [0.3, 0.4) is 0 Å². The van der Waals surface area contributed by atoms with E-state index in [-0.39, 0.29) is 0 Å². The molecule has 2 aromatic rings. The maximum atomic E-state index is 5.80. The van der Waals surface area contributed by atoms with Gasteiger partial charge < -0.3 is 10.6 Å². The van der Waals surface area contributed by atoms with Crippen LogP contribution in [0.1, 0.15) is 20.3 Å². The molecule has 3 rings (SSSR count). The van der Waals surface area contributed by atoms with E-state index in [2.05, 4.69) is 33.9 Å². The normalized spacial score (nSPS) is 24.7. The Morgan fingerprint density at radius 3 is 2.67 bits per heavy atom. The molecule has 1 aliphatic heterocycles. The smallest absolute Gasteiger partial charge is 0.231 e. The lowest BCUT2D eigenvalue weighted by atomic mass is 9.92. The molecule has 1 aliphatic rings. The van der Waals surface area contributed by atoms with Crippen LogP contribution in [-0.2, 0) is 0 Å². The third kappa shape index (κ3) is 1.77. The fourth-order valence-electron chi connectivity index (χ4n) is 2.87. The van der Waals surface area contributed by atoms with Crippen molar-refractivity contribution in [3.8, 4) is 0 Å². The second kappa shape index (κ2) is 4.12. The quantitative estimate of drug-likeness (QED) is 0.818. The molecule has 6 nitrogen and oxygen atoms in total. The van der Waals surface area contributed by atoms with E-state index in [1.165, 1.54) is 6.42 Å². The highest BCUT2D eigenvalue weighted by atomic mass is 15.4. The minimum absolute atomic E-state index is 0.425. The summed E-state index contributed by atoms with van der Waals surface area (Å²) in [4.78, 5) is 6.32. The summed E-state index contributed by atoms with van der Waals surface area (Å²) < 4.78 is 1.92. The van der Waals surface area contributed by atoms with Crippen LogP contribution in [0, 0.1) is 11.8 Å². The monoisotopic (exact) mass is 246 g/mol. The zero-order chi connectivity index (χ0) is 12.7. The Labute approximate surface area is 106 Å². The largest absolute Gasteiger partial charge is 0.381 e. The Balaban J connectivity index is 2.01. The molecule has 1 fully saturated rings. The number of hydrogen-bond donors (Lipinski definition) is 1. The molecule has 0 aliphatic carbocycles. The molecule has 18 heavy (non-hydrogen) atoms. The molecule has 0 saturated carbocycles. The average molecular weight is 246 g/mol. The van der Waals surface area contributed by atoms with Gasteiger partial charge in [0.15, 0.2) is 5.82 Å². The van der Waals surface area contributed by atoms with Crippen molar-refractivity contribution in [1.82, 2.24) is 19.6 Å². The van der Waals surface area contributed by atoms with Gasteiger partial charge >= 0.3 is 0 Å². The SMILES string of the molecule is C[C@H]1C[C@H](C)CN(c2nnc3c(N)nccn23)C1. The van der Waals surface area contributed by atoms with E-state index in [1.54, 1.807) is 6.20 Å². The van der Waals surface area contributed by atoms with E-state index >= 15 is 0 Å². The van der Waals surface area contributed by atoms with Crippen molar-refractivity contribution in [2.24, 2.45) is 11.8 Å². The Kier molecular flexibility index (Phi) is 2.57. The Morgan fingerprint density at radius 1 is 1.22 bits per heavy atom. The molecule has 0 spiro atoms. The number of nitrogens with zero attached hydrogens (tertiary/aromatic N) is 5. The summed E-state index contributed by atoms with van der Waals surface area (Å²) in [6, 6.07) is 0. The highest BCUT2D eigenvalue weighted by molar-refractivity contribution is 5.61. The fourth-order valence-corrected chi connectivity index (χ4v) is 2.87. The lowest BCUT2D eigenvalue weighted by Crippen LogP contribution is -2.39. The number of nitrogens with two attached hydrogens (primary N) is 1. The van der Waals surface area contributed by atoms with Crippen molar-refractivity contribution in [3.63, 3.8) is 0 Å². The molecule has 0 amide bonds. The number of fused-ring (bicyclic) bond motifs is 1. The molecule has 0 radical (unpaired) electrons. The summed E-state index contributed by atoms with van der Waals surface area (Å²) >= 11 is 0. The van der Waals surface area contributed by atoms with E-state index in [4.69, 9.17) is 5.73 Å². The molecule has 3 heterocycles. The van der Waals surface area contributed by atoms with Gasteiger partial charge in [-0.15, -0.1) is 10.2 Å². The second-order valence-corrected chi connectivity index (χ2v) is 5.36. The predicted molar refractivity (Wildman–Crippen MR) is 70.4 cm³/mol. The van der Waals surface area contributed by atoms with Crippen LogP contribution in [0.2, 0.25) is 0 Å². The first-order valence-corrected chi connectivity index (χ1v) is 6.35. The third-order valence-corrected chi connectivity index (χ3v) is 3.49. The van der Waals surface area contributed by atoms with E-state index < -0.39 is 0 Å². The van der Waals surface area contributed by atoms with Gasteiger partial charge in [0.25, 0.3) is 0 Å². The number of anilines is 2. The highest BCUT2D eigenvalue weighted by Gasteiger charge is 2.25. The summed E-state index contributed by atoms with van der Waals surface area (Å²) in [5.41, 5.74) is 6.44. The molecular formula is C12H18N6. The molecule has 2 atom stereocenters. The summed E-state index contributed by atoms with van der Waals surface area (Å²) in [5.74, 6) is 2.66. The van der Waals surface area contributed by atoms with Crippen LogP contribution in [0.4, 0.5) is 11.8 Å². The fraction of sp³-hybridized carbons (Fsp3) is 0.583. The average Bonchev–Trinajstić information content (AvgIpc) is 2.73. The van der Waals surface area contributed by atoms with Crippen LogP contribution in [0.15, 0.2) is 12.4 Å². The van der Waals surface area contributed by atoms with Crippen molar-refractivity contribution in [1.29, 1.82) is 0 Å². The van der Waals surface area contributed by atoms with Crippen LogP contribution >= 0.6 is 0 Å². The third-order valence-electron chi connectivity index (χ3n) is 3.49. The van der Waals surface area contributed by atoms with Crippen molar-refractivity contribution < 1.29 is 0 Å². The minimum Gasteiger partial charge on any atom is -0.381 e. The van der Waals surface area contributed by atoms with Gasteiger partial charge in [-0.25, -0.2) is 4.98 Å². The van der Waals surface area contributed by atoms with Crippen molar-refractivity contribution in [2.45, 2.75) is 20.3 Å². The van der Waals surface area contributed by atoms with Gasteiger partial charge in [-0.05, 0) is 18.3 Å². The Hall–Kier alpha value is -1.85. The highest BCUT2D eigenvalue weighted by Crippen LogP contribution is 2.25. The molecule has 6 heteroatoms. The molecular weight excluding hydrogens is 228 g/mol. The lowest BCUT2D eigenvalue weighted by molar-refractivity contribution is 0.353. The second-order valence-electron chi connectivity index (χ2n) is 5.36. The van der Waals surface area contributed by atoms with Crippen molar-refractivity contribution in [3.05, 3.63) is 12.4 Å². The van der Waals surface area contributed by atoms with Gasteiger partial charge in [0.05, 0.1) is 0 Å². The van der Waals surface area contributed by atoms with Gasteiger partial charge in [0, 0.05) is 25.5 Å². The van der Waals surface area contributed by atoms with Crippen molar-refractivity contribution >= 4 is 17.4 Å². The van der Waals surface area contributed by atoms with Gasteiger partial charge in [0.1, 0.15) is 0 Å². The number of nitrogen functional groups attached to an aromatic ring is 1. The van der Waals surface area contributed by atoms with E-state index in [0.717, 1.165) is 19.0 Å². The van der Waals surface area contributed by atoms with E-state index in [9.17, 15) is 0 Å². The summed E-state index contributed by atoms with van der Waals surface area (Å²) in [5, 5.41) is 8.39. The van der Waals surface area contributed by atoms with Crippen LogP contribution < -0.4 is 10.6 Å². The van der Waals surface area contributed by atoms with E-state index in [1.807, 2.05) is 10.6 Å². The topological polar surface area (TPSA) is 72.3 Å². The van der Waals surface area contributed by atoms with Crippen LogP contribution in [0.5, 0.6) is 0 Å². The van der Waals surface area contributed by atoms with Gasteiger partial charge in [-0.2, -0.15) is 0 Å². The molecule has 0 unspecified atom stereocenters. The lowest BCUT2D eigenvalue weighted by Gasteiger charge is -2.34. The number of aromatic nitrogens is 4. The minimum atomic E-state index is 0.425. The molecule has 1 saturated heterocycles. The first-order valence-electron chi connectivity index (χ1n) is 6.35. The van der Waals surface area contributed by atoms with Crippen molar-refractivity contribution in [2.75, 3.05) is 23.7 Å². The van der Waals surface area contributed by atoms with Gasteiger partial charge in [0.2, 0.25) is 11.6 Å². The molecule has 96 valence electrons. The van der Waals surface area contributed by atoms with Gasteiger partial charge in [-0.3, -0.25) is 4.40 Å². The Bertz CT molecular complexity index is 553. The summed E-state index contributed by atoms with van der Waals surface area (Å²) in [6.07, 6.45) is 4.83. The van der Waals surface area contributed by atoms with E-state index in [0.29, 0.717) is 23.3 Å². The zero-order valence-corrected chi connectivity index (χ0v) is 10.7. The predicted octanol–water partition coefficient (Wildman–Crippen LogP) is 1.19. The maximum absolute atomic E-state index is 5.80. The number of rotatable bonds is 1. The standard InChI is InChI=1S/C12H18N6/c1-8-5-9(2)7-17(6-8)12-16-15-11-10(13)14-3-4-18(11)12/h3-4,8-9H,5-7H2,1-2H3,(H2,13,14)/t8-,9-/m0/s1. The summed E-state index contributed by atoms with van der Waals surface area (Å²) in [6.45, 7) is 6.60.